The first-order valence-electron chi connectivity index (χ1n) is 7.61. The molecule has 2 aliphatic rings. The van der Waals surface area contributed by atoms with Gasteiger partial charge in [0, 0.05) is 18.1 Å². The van der Waals surface area contributed by atoms with Gasteiger partial charge in [-0.1, -0.05) is 36.4 Å². The van der Waals surface area contributed by atoms with Crippen molar-refractivity contribution in [2.75, 3.05) is 5.32 Å². The van der Waals surface area contributed by atoms with Gasteiger partial charge in [0.05, 0.1) is 16.7 Å². The minimum absolute atomic E-state index is 0.0554. The molecule has 4 nitrogen and oxygen atoms in total. The molecular formula is C18H15FN2O2. The molecule has 5 heteroatoms. The molecular weight excluding hydrogens is 295 g/mol. The molecule has 1 N–H and O–H groups in total. The van der Waals surface area contributed by atoms with Crippen LogP contribution in [0.4, 0.5) is 15.8 Å². The summed E-state index contributed by atoms with van der Waals surface area (Å²) in [5.74, 6) is 0.223. The summed E-state index contributed by atoms with van der Waals surface area (Å²) in [5.41, 5.74) is 2.55. The first kappa shape index (κ1) is 13.9. The lowest BCUT2D eigenvalue weighted by Crippen LogP contribution is -2.29. The van der Waals surface area contributed by atoms with Crippen molar-refractivity contribution >= 4 is 11.4 Å². The van der Waals surface area contributed by atoms with Gasteiger partial charge < -0.3 is 5.32 Å². The molecule has 2 aromatic rings. The Hall–Kier alpha value is -2.69. The number of nitro groups is 1. The van der Waals surface area contributed by atoms with Gasteiger partial charge >= 0.3 is 0 Å². The van der Waals surface area contributed by atoms with Crippen LogP contribution in [0.3, 0.4) is 0 Å². The minimum Gasteiger partial charge on any atom is -0.375 e. The maximum atomic E-state index is 14.2. The second kappa shape index (κ2) is 5.19. The highest BCUT2D eigenvalue weighted by atomic mass is 19.1. The van der Waals surface area contributed by atoms with Crippen molar-refractivity contribution in [2.45, 2.75) is 18.4 Å². The van der Waals surface area contributed by atoms with Crippen molar-refractivity contribution in [1.29, 1.82) is 0 Å². The van der Waals surface area contributed by atoms with E-state index in [9.17, 15) is 14.5 Å². The van der Waals surface area contributed by atoms with E-state index in [4.69, 9.17) is 0 Å². The van der Waals surface area contributed by atoms with Crippen LogP contribution in [-0.4, -0.2) is 4.92 Å². The van der Waals surface area contributed by atoms with Gasteiger partial charge in [-0.25, -0.2) is 4.39 Å². The highest BCUT2D eigenvalue weighted by Crippen LogP contribution is 2.50. The SMILES string of the molecule is O=[N+]([O-])c1ccc([C@H]2Nc3c(F)cccc3[C@@H]3C=CC[C@H]23)cc1. The van der Waals surface area contributed by atoms with E-state index >= 15 is 0 Å². The fourth-order valence-corrected chi connectivity index (χ4v) is 3.72. The molecule has 4 rings (SSSR count). The average Bonchev–Trinajstić information content (AvgIpc) is 3.04. The first-order chi connectivity index (χ1) is 11.1. The third kappa shape index (κ3) is 2.20. The van der Waals surface area contributed by atoms with Crippen molar-refractivity contribution in [3.63, 3.8) is 0 Å². The molecule has 1 heterocycles. The number of rotatable bonds is 2. The summed E-state index contributed by atoms with van der Waals surface area (Å²) < 4.78 is 14.2. The van der Waals surface area contributed by atoms with E-state index in [2.05, 4.69) is 17.5 Å². The number of nitro benzene ring substituents is 1. The van der Waals surface area contributed by atoms with E-state index in [-0.39, 0.29) is 23.5 Å². The van der Waals surface area contributed by atoms with Crippen molar-refractivity contribution in [3.05, 3.63) is 81.7 Å². The second-order valence-corrected chi connectivity index (χ2v) is 6.03. The number of non-ortho nitro benzene ring substituents is 1. The molecule has 1 aliphatic heterocycles. The van der Waals surface area contributed by atoms with Crippen LogP contribution in [0.2, 0.25) is 0 Å². The van der Waals surface area contributed by atoms with E-state index in [1.54, 1.807) is 18.2 Å². The van der Waals surface area contributed by atoms with E-state index < -0.39 is 4.92 Å². The predicted molar refractivity (Wildman–Crippen MR) is 85.8 cm³/mol. The highest BCUT2D eigenvalue weighted by molar-refractivity contribution is 5.60. The van der Waals surface area contributed by atoms with Gasteiger partial charge in [-0.05, 0) is 29.5 Å². The monoisotopic (exact) mass is 310 g/mol. The fraction of sp³-hybridized carbons (Fsp3) is 0.222. The Morgan fingerprint density at radius 1 is 1.17 bits per heavy atom. The first-order valence-corrected chi connectivity index (χ1v) is 7.61. The Morgan fingerprint density at radius 3 is 2.70 bits per heavy atom. The molecule has 2 aromatic carbocycles. The summed E-state index contributed by atoms with van der Waals surface area (Å²) in [6.07, 6.45) is 5.19. The number of allylic oxidation sites excluding steroid dienone is 2. The van der Waals surface area contributed by atoms with Crippen molar-refractivity contribution in [3.8, 4) is 0 Å². The summed E-state index contributed by atoms with van der Waals surface area (Å²) in [5, 5.41) is 14.1. The molecule has 23 heavy (non-hydrogen) atoms. The van der Waals surface area contributed by atoms with Crippen molar-refractivity contribution in [1.82, 2.24) is 0 Å². The number of benzene rings is 2. The zero-order valence-corrected chi connectivity index (χ0v) is 12.3. The Labute approximate surface area is 132 Å². The maximum Gasteiger partial charge on any atom is 0.269 e. The minimum atomic E-state index is -0.410. The number of hydrogen-bond donors (Lipinski definition) is 1. The van der Waals surface area contributed by atoms with Gasteiger partial charge in [-0.15, -0.1) is 0 Å². The summed E-state index contributed by atoms with van der Waals surface area (Å²) in [6, 6.07) is 11.6. The second-order valence-electron chi connectivity index (χ2n) is 6.03. The third-order valence-electron chi connectivity index (χ3n) is 4.81. The van der Waals surface area contributed by atoms with Crippen LogP contribution in [0.5, 0.6) is 0 Å². The number of para-hydroxylation sites is 1. The zero-order valence-electron chi connectivity index (χ0n) is 12.3. The van der Waals surface area contributed by atoms with Gasteiger partial charge in [0.25, 0.3) is 5.69 Å². The van der Waals surface area contributed by atoms with Gasteiger partial charge in [0.15, 0.2) is 0 Å². The smallest absolute Gasteiger partial charge is 0.269 e. The maximum absolute atomic E-state index is 14.2. The molecule has 0 bridgehead atoms. The van der Waals surface area contributed by atoms with Crippen LogP contribution in [0.25, 0.3) is 0 Å². The van der Waals surface area contributed by atoms with Crippen LogP contribution in [-0.2, 0) is 0 Å². The molecule has 3 atom stereocenters. The number of nitrogens with zero attached hydrogens (tertiary/aromatic N) is 1. The van der Waals surface area contributed by atoms with E-state index in [1.165, 1.54) is 18.2 Å². The Kier molecular flexibility index (Phi) is 3.15. The van der Waals surface area contributed by atoms with Crippen LogP contribution in [0, 0.1) is 21.8 Å². The topological polar surface area (TPSA) is 55.2 Å². The lowest BCUT2D eigenvalue weighted by atomic mass is 9.77. The molecule has 1 aliphatic carbocycles. The third-order valence-corrected chi connectivity index (χ3v) is 4.81. The molecule has 116 valence electrons. The Bertz CT molecular complexity index is 801. The molecule has 0 spiro atoms. The van der Waals surface area contributed by atoms with Gasteiger partial charge in [0.1, 0.15) is 5.82 Å². The lowest BCUT2D eigenvalue weighted by molar-refractivity contribution is -0.384. The lowest BCUT2D eigenvalue weighted by Gasteiger charge is -2.37. The summed E-state index contributed by atoms with van der Waals surface area (Å²) in [4.78, 5) is 10.4. The van der Waals surface area contributed by atoms with Crippen LogP contribution < -0.4 is 5.32 Å². The van der Waals surface area contributed by atoms with E-state index in [0.717, 1.165) is 17.5 Å². The van der Waals surface area contributed by atoms with Gasteiger partial charge in [0.2, 0.25) is 0 Å². The molecule has 0 amide bonds. The van der Waals surface area contributed by atoms with Crippen LogP contribution >= 0.6 is 0 Å². The Morgan fingerprint density at radius 2 is 1.96 bits per heavy atom. The molecule has 0 fully saturated rings. The quantitative estimate of drug-likeness (QED) is 0.502. The highest BCUT2D eigenvalue weighted by Gasteiger charge is 2.38. The number of fused-ring (bicyclic) bond motifs is 3. The molecule has 0 radical (unpaired) electrons. The van der Waals surface area contributed by atoms with Crippen molar-refractivity contribution in [2.24, 2.45) is 5.92 Å². The number of anilines is 1. The van der Waals surface area contributed by atoms with Gasteiger partial charge in [-0.2, -0.15) is 0 Å². The largest absolute Gasteiger partial charge is 0.375 e. The molecule has 0 saturated heterocycles. The number of hydrogen-bond acceptors (Lipinski definition) is 3. The molecule has 0 aromatic heterocycles. The van der Waals surface area contributed by atoms with Crippen LogP contribution in [0.1, 0.15) is 29.5 Å². The molecule has 0 saturated carbocycles. The summed E-state index contributed by atoms with van der Waals surface area (Å²) >= 11 is 0. The van der Waals surface area contributed by atoms with Gasteiger partial charge in [-0.3, -0.25) is 10.1 Å². The average molecular weight is 310 g/mol. The standard InChI is InChI=1S/C18H15FN2O2/c19-16-6-2-5-15-13-3-1-4-14(13)17(20-18(15)16)11-7-9-12(10-8-11)21(22)23/h1-3,5-10,13-14,17,20H,4H2/t13-,14+,17-/m1/s1. The fourth-order valence-electron chi connectivity index (χ4n) is 3.72. The van der Waals surface area contributed by atoms with Crippen LogP contribution in [0.15, 0.2) is 54.6 Å². The Balaban J connectivity index is 1.75. The number of halogens is 1. The van der Waals surface area contributed by atoms with Crippen molar-refractivity contribution < 1.29 is 9.31 Å². The predicted octanol–water partition coefficient (Wildman–Crippen LogP) is 4.56. The van der Waals surface area contributed by atoms with E-state index in [1.807, 2.05) is 6.07 Å². The molecule has 0 unspecified atom stereocenters. The zero-order chi connectivity index (χ0) is 16.0. The number of nitrogens with one attached hydrogen (secondary N) is 1. The normalized spacial score (nSPS) is 24.7. The summed E-state index contributed by atoms with van der Waals surface area (Å²) in [7, 11) is 0. The van der Waals surface area contributed by atoms with E-state index in [0.29, 0.717) is 11.6 Å². The summed E-state index contributed by atoms with van der Waals surface area (Å²) in [6.45, 7) is 0.